The Balaban J connectivity index is 1.67. The monoisotopic (exact) mass is 296 g/mol. The molecule has 3 nitrogen and oxygen atoms in total. The number of likely N-dealkylation sites (tertiary alicyclic amines) is 1. The topological polar surface area (TPSA) is 35.5 Å². The lowest BCUT2D eigenvalue weighted by molar-refractivity contribution is 0.0646. The molecule has 2 fully saturated rings. The predicted molar refractivity (Wildman–Crippen MR) is 89.6 cm³/mol. The van der Waals surface area contributed by atoms with Gasteiger partial charge >= 0.3 is 0 Å². The highest BCUT2D eigenvalue weighted by Gasteiger charge is 2.35. The van der Waals surface area contributed by atoms with Gasteiger partial charge in [-0.1, -0.05) is 26.2 Å². The zero-order valence-electron chi connectivity index (χ0n) is 14.3. The Kier molecular flexibility index (Phi) is 6.51. The third kappa shape index (κ3) is 4.94. The van der Waals surface area contributed by atoms with Crippen LogP contribution in [0.3, 0.4) is 0 Å². The number of aliphatic hydroxyl groups excluding tert-OH is 1. The van der Waals surface area contributed by atoms with Crippen molar-refractivity contribution in [3.05, 3.63) is 0 Å². The van der Waals surface area contributed by atoms with Crippen LogP contribution in [0.5, 0.6) is 0 Å². The molecule has 2 N–H and O–H groups in total. The minimum atomic E-state index is -0.0882. The summed E-state index contributed by atoms with van der Waals surface area (Å²) in [6.45, 7) is 9.24. The number of aliphatic hydroxyl groups is 1. The number of piperidine rings is 1. The smallest absolute Gasteiger partial charge is 0.0610 e. The summed E-state index contributed by atoms with van der Waals surface area (Å²) in [7, 11) is 0. The fourth-order valence-electron chi connectivity index (χ4n) is 4.40. The van der Waals surface area contributed by atoms with Gasteiger partial charge in [0, 0.05) is 5.54 Å². The number of nitrogens with one attached hydrogen (secondary N) is 1. The minimum Gasteiger partial charge on any atom is -0.394 e. The number of hydrogen-bond acceptors (Lipinski definition) is 3. The van der Waals surface area contributed by atoms with E-state index in [-0.39, 0.29) is 12.1 Å². The molecule has 0 aromatic heterocycles. The number of rotatable bonds is 7. The molecule has 1 unspecified atom stereocenters. The number of hydrogen-bond donors (Lipinski definition) is 2. The van der Waals surface area contributed by atoms with E-state index in [0.29, 0.717) is 0 Å². The Morgan fingerprint density at radius 2 is 1.76 bits per heavy atom. The Morgan fingerprint density at radius 1 is 1.10 bits per heavy atom. The number of likely N-dealkylation sites (N-methyl/N-ethyl adjacent to an activating group) is 1. The maximum Gasteiger partial charge on any atom is 0.0610 e. The summed E-state index contributed by atoms with van der Waals surface area (Å²) in [5, 5.41) is 13.0. The Hall–Kier alpha value is -0.120. The van der Waals surface area contributed by atoms with Gasteiger partial charge in [0.05, 0.1) is 6.61 Å². The van der Waals surface area contributed by atoms with E-state index in [1.807, 2.05) is 0 Å². The van der Waals surface area contributed by atoms with E-state index in [1.165, 1.54) is 71.0 Å². The summed E-state index contributed by atoms with van der Waals surface area (Å²) < 4.78 is 0. The first kappa shape index (κ1) is 17.2. The van der Waals surface area contributed by atoms with Crippen LogP contribution >= 0.6 is 0 Å². The molecule has 1 spiro atoms. The van der Waals surface area contributed by atoms with Gasteiger partial charge in [0.25, 0.3) is 0 Å². The molecule has 1 saturated heterocycles. The van der Waals surface area contributed by atoms with Crippen LogP contribution in [-0.2, 0) is 0 Å². The predicted octanol–water partition coefficient (Wildman–Crippen LogP) is 3.17. The minimum absolute atomic E-state index is 0.0882. The Morgan fingerprint density at radius 3 is 2.33 bits per heavy atom. The van der Waals surface area contributed by atoms with Crippen molar-refractivity contribution in [2.75, 3.05) is 32.8 Å². The van der Waals surface area contributed by atoms with E-state index in [9.17, 15) is 5.11 Å². The summed E-state index contributed by atoms with van der Waals surface area (Å²) in [6, 6.07) is 0. The lowest BCUT2D eigenvalue weighted by atomic mass is 9.68. The Bertz CT molecular complexity index is 292. The van der Waals surface area contributed by atoms with Crippen molar-refractivity contribution < 1.29 is 5.11 Å². The normalized spacial score (nSPS) is 25.9. The van der Waals surface area contributed by atoms with Crippen molar-refractivity contribution in [1.82, 2.24) is 10.2 Å². The molecule has 1 aliphatic heterocycles. The average molecular weight is 296 g/mol. The molecular weight excluding hydrogens is 260 g/mol. The van der Waals surface area contributed by atoms with E-state index in [4.69, 9.17) is 0 Å². The number of nitrogens with zero attached hydrogens (tertiary/aromatic N) is 1. The van der Waals surface area contributed by atoms with Gasteiger partial charge in [0.15, 0.2) is 0 Å². The second-order valence-electron chi connectivity index (χ2n) is 7.75. The third-order valence-electron chi connectivity index (χ3n) is 5.99. The van der Waals surface area contributed by atoms with Crippen LogP contribution in [0.1, 0.15) is 71.6 Å². The first-order chi connectivity index (χ1) is 10.1. The van der Waals surface area contributed by atoms with Gasteiger partial charge in [-0.3, -0.25) is 0 Å². The van der Waals surface area contributed by atoms with Gasteiger partial charge in [-0.15, -0.1) is 0 Å². The molecule has 3 heteroatoms. The van der Waals surface area contributed by atoms with Crippen LogP contribution in [0.25, 0.3) is 0 Å². The Labute approximate surface area is 131 Å². The van der Waals surface area contributed by atoms with Crippen molar-refractivity contribution in [2.45, 2.75) is 77.2 Å². The molecule has 21 heavy (non-hydrogen) atoms. The van der Waals surface area contributed by atoms with Crippen LogP contribution in [0, 0.1) is 5.41 Å². The van der Waals surface area contributed by atoms with E-state index >= 15 is 0 Å². The molecule has 0 radical (unpaired) electrons. The lowest BCUT2D eigenvalue weighted by Gasteiger charge is -2.44. The van der Waals surface area contributed by atoms with E-state index in [0.717, 1.165) is 18.4 Å². The average Bonchev–Trinajstić information content (AvgIpc) is 2.51. The summed E-state index contributed by atoms with van der Waals surface area (Å²) in [6.07, 6.45) is 12.5. The van der Waals surface area contributed by atoms with Gasteiger partial charge in [-0.2, -0.15) is 0 Å². The maximum absolute atomic E-state index is 9.54. The summed E-state index contributed by atoms with van der Waals surface area (Å²) in [4.78, 5) is 2.66. The standard InChI is InChI=1S/C18H36N2O/c1-3-19-17(2,16-21)8-7-13-20-14-11-18(12-15-20)9-5-4-6-10-18/h19,21H,3-16H2,1-2H3. The van der Waals surface area contributed by atoms with E-state index < -0.39 is 0 Å². The molecular formula is C18H36N2O. The van der Waals surface area contributed by atoms with Crippen LogP contribution in [0.2, 0.25) is 0 Å². The SMILES string of the molecule is CCNC(C)(CO)CCCN1CCC2(CCCCC2)CC1. The van der Waals surface area contributed by atoms with Gasteiger partial charge < -0.3 is 15.3 Å². The zero-order valence-corrected chi connectivity index (χ0v) is 14.3. The highest BCUT2D eigenvalue weighted by molar-refractivity contribution is 4.89. The fourth-order valence-corrected chi connectivity index (χ4v) is 4.40. The van der Waals surface area contributed by atoms with Gasteiger partial charge in [-0.25, -0.2) is 0 Å². The molecule has 0 aromatic carbocycles. The molecule has 2 aliphatic rings. The molecule has 0 amide bonds. The van der Waals surface area contributed by atoms with Gasteiger partial charge in [0.2, 0.25) is 0 Å². The maximum atomic E-state index is 9.54. The van der Waals surface area contributed by atoms with Crippen LogP contribution < -0.4 is 5.32 Å². The van der Waals surface area contributed by atoms with Crippen LogP contribution in [0.15, 0.2) is 0 Å². The van der Waals surface area contributed by atoms with Crippen molar-refractivity contribution in [2.24, 2.45) is 5.41 Å². The highest BCUT2D eigenvalue weighted by atomic mass is 16.3. The van der Waals surface area contributed by atoms with Crippen LogP contribution in [0.4, 0.5) is 0 Å². The summed E-state index contributed by atoms with van der Waals surface area (Å²) in [5.41, 5.74) is 0.632. The van der Waals surface area contributed by atoms with Crippen molar-refractivity contribution in [3.8, 4) is 0 Å². The molecule has 0 bridgehead atoms. The molecule has 1 heterocycles. The third-order valence-corrected chi connectivity index (χ3v) is 5.99. The van der Waals surface area contributed by atoms with E-state index in [1.54, 1.807) is 0 Å². The molecule has 1 atom stereocenters. The molecule has 1 saturated carbocycles. The zero-order chi connectivity index (χ0) is 15.2. The first-order valence-electron chi connectivity index (χ1n) is 9.20. The fraction of sp³-hybridized carbons (Fsp3) is 1.00. The van der Waals surface area contributed by atoms with Crippen molar-refractivity contribution >= 4 is 0 Å². The highest BCUT2D eigenvalue weighted by Crippen LogP contribution is 2.44. The van der Waals surface area contributed by atoms with E-state index in [2.05, 4.69) is 24.1 Å². The molecule has 0 aromatic rings. The first-order valence-corrected chi connectivity index (χ1v) is 9.20. The van der Waals surface area contributed by atoms with Crippen molar-refractivity contribution in [1.29, 1.82) is 0 Å². The van der Waals surface area contributed by atoms with Crippen molar-refractivity contribution in [3.63, 3.8) is 0 Å². The second-order valence-corrected chi connectivity index (χ2v) is 7.75. The van der Waals surface area contributed by atoms with Gasteiger partial charge in [0.1, 0.15) is 0 Å². The quantitative estimate of drug-likeness (QED) is 0.757. The second kappa shape index (κ2) is 7.94. The summed E-state index contributed by atoms with van der Waals surface area (Å²) in [5.74, 6) is 0. The molecule has 124 valence electrons. The van der Waals surface area contributed by atoms with Crippen LogP contribution in [-0.4, -0.2) is 48.3 Å². The molecule has 1 aliphatic carbocycles. The molecule has 2 rings (SSSR count). The summed E-state index contributed by atoms with van der Waals surface area (Å²) >= 11 is 0. The van der Waals surface area contributed by atoms with Gasteiger partial charge in [-0.05, 0) is 77.0 Å². The lowest BCUT2D eigenvalue weighted by Crippen LogP contribution is -2.46. The largest absolute Gasteiger partial charge is 0.394 e.